The van der Waals surface area contributed by atoms with Gasteiger partial charge in [-0.15, -0.1) is 0 Å². The zero-order chi connectivity index (χ0) is 15.0. The molecule has 1 saturated carbocycles. The van der Waals surface area contributed by atoms with E-state index in [1.165, 1.54) is 19.1 Å². The van der Waals surface area contributed by atoms with E-state index in [1.807, 2.05) is 0 Å². The second kappa shape index (κ2) is 5.97. The molecular formula is C15H25NO4S. The van der Waals surface area contributed by atoms with Gasteiger partial charge in [0.2, 0.25) is 0 Å². The van der Waals surface area contributed by atoms with Crippen LogP contribution in [0.1, 0.15) is 38.5 Å². The van der Waals surface area contributed by atoms with Crippen LogP contribution >= 0.6 is 0 Å². The van der Waals surface area contributed by atoms with Gasteiger partial charge >= 0.3 is 0 Å². The number of nitrogens with zero attached hydrogens (tertiary/aromatic N) is 1. The van der Waals surface area contributed by atoms with Crippen molar-refractivity contribution < 1.29 is 17.9 Å². The first kappa shape index (κ1) is 15.4. The number of fused-ring (bicyclic) bond motifs is 1. The van der Waals surface area contributed by atoms with Gasteiger partial charge in [-0.3, -0.25) is 9.69 Å². The lowest BCUT2D eigenvalue weighted by Crippen LogP contribution is -2.51. The topological polar surface area (TPSA) is 63.7 Å². The average Bonchev–Trinajstić information content (AvgIpc) is 2.93. The second-order valence-corrected chi connectivity index (χ2v) is 9.16. The first-order chi connectivity index (χ1) is 9.95. The summed E-state index contributed by atoms with van der Waals surface area (Å²) in [6, 6.07) is 0.490. The maximum absolute atomic E-state index is 12.7. The summed E-state index contributed by atoms with van der Waals surface area (Å²) in [6.45, 7) is 2.41. The number of ether oxygens (including phenoxy) is 1. The molecule has 0 aromatic rings. The summed E-state index contributed by atoms with van der Waals surface area (Å²) in [5.74, 6) is -0.00340. The van der Waals surface area contributed by atoms with E-state index < -0.39 is 9.84 Å². The van der Waals surface area contributed by atoms with Crippen molar-refractivity contribution in [1.29, 1.82) is 0 Å². The highest BCUT2D eigenvalue weighted by molar-refractivity contribution is 7.91. The molecule has 4 unspecified atom stereocenters. The molecule has 0 bridgehead atoms. The molecule has 0 radical (unpaired) electrons. The molecule has 0 aromatic carbocycles. The third kappa shape index (κ3) is 3.32. The molecule has 21 heavy (non-hydrogen) atoms. The predicted molar refractivity (Wildman–Crippen MR) is 79.9 cm³/mol. The number of ketones is 1. The summed E-state index contributed by atoms with van der Waals surface area (Å²) in [7, 11) is -3.04. The Bertz CT molecular complexity index is 504. The first-order valence-corrected chi connectivity index (χ1v) is 9.99. The smallest absolute Gasteiger partial charge is 0.165 e. The molecule has 120 valence electrons. The number of sulfone groups is 1. The van der Waals surface area contributed by atoms with Gasteiger partial charge in [-0.2, -0.15) is 0 Å². The third-order valence-electron chi connectivity index (χ3n) is 5.34. The summed E-state index contributed by atoms with van der Waals surface area (Å²) in [5.41, 5.74) is 0. The molecule has 0 amide bonds. The van der Waals surface area contributed by atoms with Crippen molar-refractivity contribution in [2.24, 2.45) is 5.92 Å². The summed E-state index contributed by atoms with van der Waals surface area (Å²) >= 11 is 0. The largest absolute Gasteiger partial charge is 0.367 e. The average molecular weight is 315 g/mol. The van der Waals surface area contributed by atoms with Gasteiger partial charge in [-0.05, 0) is 38.6 Å². The molecule has 0 aromatic heterocycles. The van der Waals surface area contributed by atoms with E-state index in [9.17, 15) is 13.2 Å². The van der Waals surface area contributed by atoms with E-state index >= 15 is 0 Å². The highest BCUT2D eigenvalue weighted by atomic mass is 32.2. The summed E-state index contributed by atoms with van der Waals surface area (Å²) in [4.78, 5) is 15.0. The quantitative estimate of drug-likeness (QED) is 0.778. The van der Waals surface area contributed by atoms with Crippen LogP contribution in [0.5, 0.6) is 0 Å². The monoisotopic (exact) mass is 315 g/mol. The second-order valence-electron chi connectivity index (χ2n) is 6.83. The van der Waals surface area contributed by atoms with Crippen LogP contribution in [-0.2, 0) is 19.4 Å². The number of carbonyl (C=O) groups is 1. The van der Waals surface area contributed by atoms with Gasteiger partial charge in [-0.1, -0.05) is 6.42 Å². The van der Waals surface area contributed by atoms with Crippen molar-refractivity contribution in [3.05, 3.63) is 0 Å². The van der Waals surface area contributed by atoms with Crippen LogP contribution in [-0.4, -0.2) is 62.4 Å². The molecule has 3 fully saturated rings. The Morgan fingerprint density at radius 3 is 2.76 bits per heavy atom. The van der Waals surface area contributed by atoms with Crippen LogP contribution in [0.25, 0.3) is 0 Å². The third-order valence-corrected chi connectivity index (χ3v) is 6.98. The van der Waals surface area contributed by atoms with E-state index in [4.69, 9.17) is 4.74 Å². The Kier molecular flexibility index (Phi) is 4.39. The Morgan fingerprint density at radius 1 is 1.19 bits per heavy atom. The number of carbonyl (C=O) groups excluding carboxylic acids is 1. The van der Waals surface area contributed by atoms with E-state index in [-0.39, 0.29) is 23.1 Å². The Balaban J connectivity index is 1.62. The van der Waals surface area contributed by atoms with Gasteiger partial charge in [0, 0.05) is 24.8 Å². The van der Waals surface area contributed by atoms with Crippen molar-refractivity contribution in [3.63, 3.8) is 0 Å². The minimum Gasteiger partial charge on any atom is -0.367 e. The lowest BCUT2D eigenvalue weighted by Gasteiger charge is -2.37. The van der Waals surface area contributed by atoms with Crippen molar-refractivity contribution in [2.75, 3.05) is 26.0 Å². The zero-order valence-electron chi connectivity index (χ0n) is 12.7. The molecule has 3 aliphatic rings. The highest BCUT2D eigenvalue weighted by Crippen LogP contribution is 2.32. The summed E-state index contributed by atoms with van der Waals surface area (Å²) in [5, 5.41) is -0.344. The molecule has 1 aliphatic carbocycles. The lowest BCUT2D eigenvalue weighted by atomic mass is 9.83. The van der Waals surface area contributed by atoms with Gasteiger partial charge in [-0.25, -0.2) is 8.42 Å². The number of morpholine rings is 1. The zero-order valence-corrected chi connectivity index (χ0v) is 13.5. The minimum absolute atomic E-state index is 0.133. The van der Waals surface area contributed by atoms with E-state index in [0.29, 0.717) is 32.0 Å². The summed E-state index contributed by atoms with van der Waals surface area (Å²) in [6.07, 6.45) is 6.12. The van der Waals surface area contributed by atoms with Crippen LogP contribution in [0.3, 0.4) is 0 Å². The molecule has 2 heterocycles. The SMILES string of the molecule is CS(=O)(=O)C1CCCC(C(=O)C2CN3CCCC3CO2)C1. The standard InChI is InChI=1S/C15H25NO4S/c1-21(18,19)13-6-2-4-11(8-13)15(17)14-9-16-7-3-5-12(16)10-20-14/h11-14H,2-10H2,1H3. The number of rotatable bonds is 3. The number of hydrogen-bond donors (Lipinski definition) is 0. The number of Topliss-reactive ketones (excluding diaryl/α,β-unsaturated/α-hetero) is 1. The molecule has 5 nitrogen and oxygen atoms in total. The van der Waals surface area contributed by atoms with Crippen LogP contribution in [0.4, 0.5) is 0 Å². The fourth-order valence-corrected chi connectivity index (χ4v) is 5.22. The molecule has 2 aliphatic heterocycles. The minimum atomic E-state index is -3.04. The van der Waals surface area contributed by atoms with Crippen LogP contribution < -0.4 is 0 Å². The maximum atomic E-state index is 12.7. The van der Waals surface area contributed by atoms with E-state index in [0.717, 1.165) is 19.4 Å². The normalized spacial score (nSPS) is 38.1. The molecule has 2 saturated heterocycles. The predicted octanol–water partition coefficient (Wildman–Crippen LogP) is 1.02. The molecule has 3 rings (SSSR count). The first-order valence-electron chi connectivity index (χ1n) is 8.03. The van der Waals surface area contributed by atoms with Gasteiger partial charge in [0.1, 0.15) is 15.9 Å². The highest BCUT2D eigenvalue weighted by Gasteiger charge is 2.40. The Labute approximate surface area is 126 Å². The van der Waals surface area contributed by atoms with E-state index in [2.05, 4.69) is 4.90 Å². The van der Waals surface area contributed by atoms with Crippen LogP contribution in [0.2, 0.25) is 0 Å². The van der Waals surface area contributed by atoms with Crippen LogP contribution in [0, 0.1) is 5.92 Å². The Morgan fingerprint density at radius 2 is 2.00 bits per heavy atom. The van der Waals surface area contributed by atoms with Gasteiger partial charge in [0.15, 0.2) is 5.78 Å². The molecular weight excluding hydrogens is 290 g/mol. The maximum Gasteiger partial charge on any atom is 0.165 e. The van der Waals surface area contributed by atoms with Gasteiger partial charge in [0.05, 0.1) is 11.9 Å². The number of hydrogen-bond acceptors (Lipinski definition) is 5. The van der Waals surface area contributed by atoms with Crippen molar-refractivity contribution in [1.82, 2.24) is 4.90 Å². The van der Waals surface area contributed by atoms with Gasteiger partial charge in [0.25, 0.3) is 0 Å². The fourth-order valence-electron chi connectivity index (χ4n) is 4.04. The molecule has 4 atom stereocenters. The Hall–Kier alpha value is -0.460. The molecule has 6 heteroatoms. The van der Waals surface area contributed by atoms with Crippen molar-refractivity contribution >= 4 is 15.6 Å². The van der Waals surface area contributed by atoms with E-state index in [1.54, 1.807) is 0 Å². The molecule has 0 N–H and O–H groups in total. The lowest BCUT2D eigenvalue weighted by molar-refractivity contribution is -0.143. The van der Waals surface area contributed by atoms with Crippen molar-refractivity contribution in [3.8, 4) is 0 Å². The fraction of sp³-hybridized carbons (Fsp3) is 0.933. The summed E-state index contributed by atoms with van der Waals surface area (Å²) < 4.78 is 29.2. The molecule has 0 spiro atoms. The van der Waals surface area contributed by atoms with Crippen LogP contribution in [0.15, 0.2) is 0 Å². The van der Waals surface area contributed by atoms with Gasteiger partial charge < -0.3 is 4.74 Å². The van der Waals surface area contributed by atoms with Crippen molar-refractivity contribution in [2.45, 2.75) is 55.9 Å².